The van der Waals surface area contributed by atoms with Crippen molar-refractivity contribution in [2.24, 2.45) is 17.3 Å². The Kier molecular flexibility index (Phi) is 6.35. The fourth-order valence-corrected chi connectivity index (χ4v) is 4.39. The van der Waals surface area contributed by atoms with E-state index in [1.165, 1.54) is 71.1 Å². The van der Waals surface area contributed by atoms with Crippen LogP contribution in [0.5, 0.6) is 0 Å². The van der Waals surface area contributed by atoms with Crippen molar-refractivity contribution in [1.29, 1.82) is 0 Å². The third kappa shape index (κ3) is 4.46. The van der Waals surface area contributed by atoms with E-state index in [9.17, 15) is 0 Å². The first-order valence-corrected chi connectivity index (χ1v) is 9.08. The van der Waals surface area contributed by atoms with E-state index >= 15 is 0 Å². The van der Waals surface area contributed by atoms with Gasteiger partial charge in [-0.2, -0.15) is 0 Å². The van der Waals surface area contributed by atoms with Crippen LogP contribution in [0.3, 0.4) is 0 Å². The Morgan fingerprint density at radius 1 is 1.10 bits per heavy atom. The molecule has 1 saturated carbocycles. The summed E-state index contributed by atoms with van der Waals surface area (Å²) in [5, 5.41) is 3.64. The lowest BCUT2D eigenvalue weighted by molar-refractivity contribution is 0.150. The van der Waals surface area contributed by atoms with E-state index < -0.39 is 0 Å². The molecule has 2 heteroatoms. The van der Waals surface area contributed by atoms with Crippen LogP contribution in [0.2, 0.25) is 0 Å². The van der Waals surface area contributed by atoms with Gasteiger partial charge in [-0.25, -0.2) is 0 Å². The van der Waals surface area contributed by atoms with Crippen LogP contribution in [0.15, 0.2) is 0 Å². The Hall–Kier alpha value is -0.0800. The molecule has 1 unspecified atom stereocenters. The number of nitrogens with zero attached hydrogens (tertiary/aromatic N) is 1. The van der Waals surface area contributed by atoms with Gasteiger partial charge in [-0.15, -0.1) is 0 Å². The average molecular weight is 280 g/mol. The summed E-state index contributed by atoms with van der Waals surface area (Å²) in [6.45, 7) is 13.5. The zero-order valence-electron chi connectivity index (χ0n) is 14.1. The summed E-state index contributed by atoms with van der Waals surface area (Å²) in [4.78, 5) is 2.80. The lowest BCUT2D eigenvalue weighted by Crippen LogP contribution is -2.43. The predicted molar refractivity (Wildman–Crippen MR) is 88.1 cm³/mol. The molecule has 1 aliphatic heterocycles. The van der Waals surface area contributed by atoms with Gasteiger partial charge >= 0.3 is 0 Å². The first-order chi connectivity index (χ1) is 9.65. The van der Waals surface area contributed by atoms with Crippen molar-refractivity contribution in [2.45, 2.75) is 65.7 Å². The van der Waals surface area contributed by atoms with Gasteiger partial charge in [-0.1, -0.05) is 33.6 Å². The fourth-order valence-electron chi connectivity index (χ4n) is 4.39. The van der Waals surface area contributed by atoms with Gasteiger partial charge < -0.3 is 10.2 Å². The smallest absolute Gasteiger partial charge is 0.00501 e. The van der Waals surface area contributed by atoms with Gasteiger partial charge in [0.2, 0.25) is 0 Å². The molecule has 2 rings (SSSR count). The fraction of sp³-hybridized carbons (Fsp3) is 1.00. The molecule has 0 aromatic rings. The Bertz CT molecular complexity index is 269. The molecule has 1 aliphatic carbocycles. The Labute approximate surface area is 126 Å². The van der Waals surface area contributed by atoms with E-state index in [-0.39, 0.29) is 0 Å². The van der Waals surface area contributed by atoms with Crippen LogP contribution >= 0.6 is 0 Å². The maximum Gasteiger partial charge on any atom is 0.00501 e. The number of nitrogens with one attached hydrogen (secondary N) is 1. The highest BCUT2D eigenvalue weighted by Gasteiger charge is 2.35. The standard InChI is InChI=1S/C18H36N2/c1-4-19-14-18(10-5-6-11-18)15-20-12-7-8-17(9-13-20)16(2)3/h16-17,19H,4-15H2,1-3H3. The lowest BCUT2D eigenvalue weighted by atomic mass is 9.85. The molecule has 0 spiro atoms. The minimum atomic E-state index is 0.591. The zero-order valence-corrected chi connectivity index (χ0v) is 14.1. The zero-order chi connectivity index (χ0) is 14.4. The predicted octanol–water partition coefficient (Wildman–Crippen LogP) is 3.91. The molecule has 1 heterocycles. The number of hydrogen-bond acceptors (Lipinski definition) is 2. The first-order valence-electron chi connectivity index (χ1n) is 9.08. The van der Waals surface area contributed by atoms with Crippen molar-refractivity contribution in [1.82, 2.24) is 10.2 Å². The van der Waals surface area contributed by atoms with Crippen molar-refractivity contribution in [3.63, 3.8) is 0 Å². The number of rotatable bonds is 6. The van der Waals surface area contributed by atoms with Gasteiger partial charge in [0.1, 0.15) is 0 Å². The highest BCUT2D eigenvalue weighted by Crippen LogP contribution is 2.39. The van der Waals surface area contributed by atoms with E-state index in [2.05, 4.69) is 31.0 Å². The van der Waals surface area contributed by atoms with Crippen molar-refractivity contribution in [3.05, 3.63) is 0 Å². The van der Waals surface area contributed by atoms with Gasteiger partial charge in [0, 0.05) is 13.1 Å². The third-order valence-corrected chi connectivity index (χ3v) is 5.78. The van der Waals surface area contributed by atoms with Gasteiger partial charge in [0.15, 0.2) is 0 Å². The minimum Gasteiger partial charge on any atom is -0.316 e. The normalized spacial score (nSPS) is 27.9. The molecular formula is C18H36N2. The van der Waals surface area contributed by atoms with Crippen molar-refractivity contribution < 1.29 is 0 Å². The molecule has 0 bridgehead atoms. The summed E-state index contributed by atoms with van der Waals surface area (Å²) in [5.74, 6) is 1.84. The SMILES string of the molecule is CCNCC1(CN2CCCC(C(C)C)CC2)CCCC1. The van der Waals surface area contributed by atoms with Gasteiger partial charge in [-0.05, 0) is 69.0 Å². The molecule has 2 aliphatic rings. The van der Waals surface area contributed by atoms with Crippen LogP contribution in [-0.2, 0) is 0 Å². The summed E-state index contributed by atoms with van der Waals surface area (Å²) < 4.78 is 0. The Morgan fingerprint density at radius 3 is 2.50 bits per heavy atom. The molecule has 2 nitrogen and oxygen atoms in total. The molecule has 1 atom stereocenters. The molecule has 2 fully saturated rings. The summed E-state index contributed by atoms with van der Waals surface area (Å²) in [7, 11) is 0. The van der Waals surface area contributed by atoms with Crippen molar-refractivity contribution in [2.75, 3.05) is 32.7 Å². The lowest BCUT2D eigenvalue weighted by Gasteiger charge is -2.35. The van der Waals surface area contributed by atoms with Crippen molar-refractivity contribution in [3.8, 4) is 0 Å². The second-order valence-electron chi connectivity index (χ2n) is 7.70. The Balaban J connectivity index is 1.87. The second kappa shape index (κ2) is 7.79. The molecular weight excluding hydrogens is 244 g/mol. The highest BCUT2D eigenvalue weighted by molar-refractivity contribution is 4.90. The number of likely N-dealkylation sites (tertiary alicyclic amines) is 1. The molecule has 0 aromatic carbocycles. The summed E-state index contributed by atoms with van der Waals surface area (Å²) in [6, 6.07) is 0. The Morgan fingerprint density at radius 2 is 1.85 bits per heavy atom. The summed E-state index contributed by atoms with van der Waals surface area (Å²) >= 11 is 0. The molecule has 1 N–H and O–H groups in total. The minimum absolute atomic E-state index is 0.591. The summed E-state index contributed by atoms with van der Waals surface area (Å²) in [5.41, 5.74) is 0.591. The summed E-state index contributed by atoms with van der Waals surface area (Å²) in [6.07, 6.45) is 10.1. The molecule has 0 radical (unpaired) electrons. The quantitative estimate of drug-likeness (QED) is 0.793. The average Bonchev–Trinajstić information content (AvgIpc) is 2.75. The maximum atomic E-state index is 3.64. The monoisotopic (exact) mass is 280 g/mol. The number of hydrogen-bond donors (Lipinski definition) is 1. The van der Waals surface area contributed by atoms with Crippen LogP contribution in [0, 0.1) is 17.3 Å². The largest absolute Gasteiger partial charge is 0.316 e. The van der Waals surface area contributed by atoms with Crippen LogP contribution in [-0.4, -0.2) is 37.6 Å². The highest BCUT2D eigenvalue weighted by atomic mass is 15.1. The van der Waals surface area contributed by atoms with Crippen LogP contribution < -0.4 is 5.32 Å². The topological polar surface area (TPSA) is 15.3 Å². The first kappa shape index (κ1) is 16.3. The van der Waals surface area contributed by atoms with E-state index in [0.29, 0.717) is 5.41 Å². The molecule has 0 aromatic heterocycles. The van der Waals surface area contributed by atoms with Crippen LogP contribution in [0.1, 0.15) is 65.7 Å². The molecule has 20 heavy (non-hydrogen) atoms. The third-order valence-electron chi connectivity index (χ3n) is 5.78. The van der Waals surface area contributed by atoms with Gasteiger partial charge in [0.05, 0.1) is 0 Å². The van der Waals surface area contributed by atoms with Crippen LogP contribution in [0.4, 0.5) is 0 Å². The van der Waals surface area contributed by atoms with Gasteiger partial charge in [0.25, 0.3) is 0 Å². The van der Waals surface area contributed by atoms with E-state index in [1.807, 2.05) is 0 Å². The second-order valence-corrected chi connectivity index (χ2v) is 7.70. The molecule has 0 amide bonds. The van der Waals surface area contributed by atoms with E-state index in [1.54, 1.807) is 0 Å². The van der Waals surface area contributed by atoms with Crippen LogP contribution in [0.25, 0.3) is 0 Å². The molecule has 1 saturated heterocycles. The molecule has 118 valence electrons. The maximum absolute atomic E-state index is 3.64. The van der Waals surface area contributed by atoms with Gasteiger partial charge in [-0.3, -0.25) is 0 Å². The van der Waals surface area contributed by atoms with E-state index in [0.717, 1.165) is 18.4 Å². The van der Waals surface area contributed by atoms with E-state index in [4.69, 9.17) is 0 Å². The van der Waals surface area contributed by atoms with Crippen molar-refractivity contribution >= 4 is 0 Å².